The van der Waals surface area contributed by atoms with Crippen molar-refractivity contribution in [3.63, 3.8) is 0 Å². The van der Waals surface area contributed by atoms with E-state index in [9.17, 15) is 4.79 Å². The van der Waals surface area contributed by atoms with Crippen molar-refractivity contribution in [2.45, 2.75) is 70.4 Å². The second-order valence-electron chi connectivity index (χ2n) is 6.94. The van der Waals surface area contributed by atoms with E-state index in [1.807, 2.05) is 17.0 Å². The van der Waals surface area contributed by atoms with E-state index >= 15 is 0 Å². The molecule has 24 heavy (non-hydrogen) atoms. The highest BCUT2D eigenvalue weighted by Gasteiger charge is 2.32. The van der Waals surface area contributed by atoms with Gasteiger partial charge in [0, 0.05) is 18.0 Å². The first-order valence-electron chi connectivity index (χ1n) is 9.13. The molecule has 0 radical (unpaired) electrons. The number of carbonyl (C=O) groups excluding carboxylic acids is 1. The van der Waals surface area contributed by atoms with Crippen LogP contribution in [0.25, 0.3) is 0 Å². The highest BCUT2D eigenvalue weighted by molar-refractivity contribution is 5.94. The topological polar surface area (TPSA) is 59.5 Å². The third-order valence-electron chi connectivity index (χ3n) is 5.34. The molecule has 2 aliphatic carbocycles. The van der Waals surface area contributed by atoms with Crippen LogP contribution < -0.4 is 0 Å². The minimum absolute atomic E-state index is 0.00481. The van der Waals surface area contributed by atoms with Crippen LogP contribution in [0.1, 0.15) is 72.5 Å². The Morgan fingerprint density at radius 3 is 2.79 bits per heavy atom. The first kappa shape index (κ1) is 15.5. The van der Waals surface area contributed by atoms with Gasteiger partial charge in [-0.1, -0.05) is 24.4 Å². The van der Waals surface area contributed by atoms with E-state index in [0.29, 0.717) is 12.2 Å². The molecule has 0 N–H and O–H groups in total. The maximum absolute atomic E-state index is 13.3. The average molecular weight is 328 g/mol. The maximum atomic E-state index is 13.3. The van der Waals surface area contributed by atoms with Crippen LogP contribution in [-0.2, 0) is 19.4 Å². The summed E-state index contributed by atoms with van der Waals surface area (Å²) in [5, 5.41) is 4.16. The molecule has 5 nitrogen and oxygen atoms in total. The Balaban J connectivity index is 1.62. The Morgan fingerprint density at radius 1 is 1.17 bits per heavy atom. The molecule has 0 atom stereocenters. The lowest BCUT2D eigenvalue weighted by Gasteiger charge is -2.27. The van der Waals surface area contributed by atoms with Crippen molar-refractivity contribution in [3.8, 4) is 0 Å². The van der Waals surface area contributed by atoms with Gasteiger partial charge in [0.25, 0.3) is 5.91 Å². The first-order valence-corrected chi connectivity index (χ1v) is 9.13. The zero-order valence-corrected chi connectivity index (χ0v) is 14.0. The Morgan fingerprint density at radius 2 is 2.00 bits per heavy atom. The van der Waals surface area contributed by atoms with Gasteiger partial charge < -0.3 is 13.8 Å². The lowest BCUT2D eigenvalue weighted by molar-refractivity contribution is 0.0637. The van der Waals surface area contributed by atoms with Gasteiger partial charge in [-0.25, -0.2) is 0 Å². The number of hydrogen-bond donors (Lipinski definition) is 0. The number of fused-ring (bicyclic) bond motifs is 1. The fourth-order valence-electron chi connectivity index (χ4n) is 4.02. The molecule has 2 aromatic rings. The van der Waals surface area contributed by atoms with Crippen molar-refractivity contribution in [2.75, 3.05) is 0 Å². The van der Waals surface area contributed by atoms with Crippen LogP contribution in [0.5, 0.6) is 0 Å². The molecule has 0 spiro atoms. The second-order valence-corrected chi connectivity index (χ2v) is 6.94. The third-order valence-corrected chi connectivity index (χ3v) is 5.34. The van der Waals surface area contributed by atoms with E-state index in [1.54, 1.807) is 6.26 Å². The number of nitrogens with zero attached hydrogens (tertiary/aromatic N) is 2. The Bertz CT molecular complexity index is 684. The molecule has 2 aromatic heterocycles. The average Bonchev–Trinajstić information content (AvgIpc) is 3.32. The van der Waals surface area contributed by atoms with E-state index in [1.165, 1.54) is 19.3 Å². The zero-order valence-electron chi connectivity index (χ0n) is 14.0. The molecule has 0 bridgehead atoms. The standard InChI is InChI=1S/C19H24N2O3/c22-19(18-16-10-2-1-3-11-17(16)24-20-18)21(14-7-4-5-8-14)13-15-9-6-12-23-15/h6,9,12,14H,1-5,7-8,10-11,13H2. The number of aryl methyl sites for hydroxylation is 1. The van der Waals surface area contributed by atoms with Crippen LogP contribution >= 0.6 is 0 Å². The highest BCUT2D eigenvalue weighted by Crippen LogP contribution is 2.29. The van der Waals surface area contributed by atoms with E-state index in [4.69, 9.17) is 8.94 Å². The molecule has 5 heteroatoms. The molecule has 2 heterocycles. The Hall–Kier alpha value is -2.04. The summed E-state index contributed by atoms with van der Waals surface area (Å²) in [6.45, 7) is 0.512. The molecule has 2 aliphatic rings. The van der Waals surface area contributed by atoms with Crippen molar-refractivity contribution in [2.24, 2.45) is 0 Å². The predicted molar refractivity (Wildman–Crippen MR) is 88.6 cm³/mol. The van der Waals surface area contributed by atoms with Crippen LogP contribution in [0.3, 0.4) is 0 Å². The summed E-state index contributed by atoms with van der Waals surface area (Å²) >= 11 is 0. The largest absolute Gasteiger partial charge is 0.467 e. The number of rotatable bonds is 4. The molecule has 128 valence electrons. The van der Waals surface area contributed by atoms with Gasteiger partial charge in [-0.3, -0.25) is 4.79 Å². The molecular formula is C19H24N2O3. The lowest BCUT2D eigenvalue weighted by atomic mass is 10.1. The van der Waals surface area contributed by atoms with Crippen LogP contribution in [0, 0.1) is 0 Å². The van der Waals surface area contributed by atoms with Crippen molar-refractivity contribution in [1.82, 2.24) is 10.1 Å². The SMILES string of the molecule is O=C(c1noc2c1CCCCC2)N(Cc1ccco1)C1CCCC1. The van der Waals surface area contributed by atoms with Gasteiger partial charge >= 0.3 is 0 Å². The summed E-state index contributed by atoms with van der Waals surface area (Å²) < 4.78 is 11.0. The van der Waals surface area contributed by atoms with Crippen LogP contribution in [-0.4, -0.2) is 22.0 Å². The minimum atomic E-state index is 0.00481. The van der Waals surface area contributed by atoms with Crippen LogP contribution in [0.2, 0.25) is 0 Å². The number of carbonyl (C=O) groups is 1. The molecule has 0 aliphatic heterocycles. The summed E-state index contributed by atoms with van der Waals surface area (Å²) in [6, 6.07) is 4.08. The quantitative estimate of drug-likeness (QED) is 0.792. The molecular weight excluding hydrogens is 304 g/mol. The predicted octanol–water partition coefficient (Wildman–Crippen LogP) is 4.12. The van der Waals surface area contributed by atoms with Crippen molar-refractivity contribution < 1.29 is 13.7 Å². The zero-order chi connectivity index (χ0) is 16.4. The monoisotopic (exact) mass is 328 g/mol. The number of hydrogen-bond acceptors (Lipinski definition) is 4. The molecule has 0 aromatic carbocycles. The summed E-state index contributed by atoms with van der Waals surface area (Å²) in [5.74, 6) is 1.75. The van der Waals surface area contributed by atoms with Crippen molar-refractivity contribution in [1.29, 1.82) is 0 Å². The molecule has 4 rings (SSSR count). The highest BCUT2D eigenvalue weighted by atomic mass is 16.5. The van der Waals surface area contributed by atoms with Gasteiger partial charge in [-0.05, 0) is 44.2 Å². The minimum Gasteiger partial charge on any atom is -0.467 e. The normalized spacial score (nSPS) is 18.3. The van der Waals surface area contributed by atoms with Gasteiger partial charge in [0.15, 0.2) is 5.69 Å². The van der Waals surface area contributed by atoms with Gasteiger partial charge in [-0.2, -0.15) is 0 Å². The molecule has 1 amide bonds. The molecule has 0 saturated heterocycles. The maximum Gasteiger partial charge on any atom is 0.276 e. The van der Waals surface area contributed by atoms with Gasteiger partial charge in [0.1, 0.15) is 11.5 Å². The molecule has 0 unspecified atom stereocenters. The van der Waals surface area contributed by atoms with E-state index < -0.39 is 0 Å². The fraction of sp³-hybridized carbons (Fsp3) is 0.579. The van der Waals surface area contributed by atoms with E-state index in [2.05, 4.69) is 5.16 Å². The smallest absolute Gasteiger partial charge is 0.276 e. The van der Waals surface area contributed by atoms with Crippen LogP contribution in [0.15, 0.2) is 27.3 Å². The third kappa shape index (κ3) is 2.99. The first-order chi connectivity index (χ1) is 11.8. The van der Waals surface area contributed by atoms with Crippen molar-refractivity contribution in [3.05, 3.63) is 41.2 Å². The Kier molecular flexibility index (Phi) is 4.41. The second kappa shape index (κ2) is 6.83. The summed E-state index contributed by atoms with van der Waals surface area (Å²) in [6.07, 6.45) is 11.4. The lowest BCUT2D eigenvalue weighted by Crippen LogP contribution is -2.38. The summed E-state index contributed by atoms with van der Waals surface area (Å²) in [5.41, 5.74) is 1.57. The van der Waals surface area contributed by atoms with Crippen molar-refractivity contribution >= 4 is 5.91 Å². The number of amides is 1. The van der Waals surface area contributed by atoms with E-state index in [0.717, 1.165) is 55.6 Å². The van der Waals surface area contributed by atoms with E-state index in [-0.39, 0.29) is 11.9 Å². The fourth-order valence-corrected chi connectivity index (χ4v) is 4.02. The Labute approximate surface area is 142 Å². The van der Waals surface area contributed by atoms with Gasteiger partial charge in [-0.15, -0.1) is 0 Å². The van der Waals surface area contributed by atoms with Gasteiger partial charge in [0.05, 0.1) is 12.8 Å². The summed E-state index contributed by atoms with van der Waals surface area (Å²) in [7, 11) is 0. The molecule has 1 saturated carbocycles. The van der Waals surface area contributed by atoms with Crippen LogP contribution in [0.4, 0.5) is 0 Å². The summed E-state index contributed by atoms with van der Waals surface area (Å²) in [4.78, 5) is 15.2. The van der Waals surface area contributed by atoms with Gasteiger partial charge in [0.2, 0.25) is 0 Å². The number of furan rings is 1. The molecule has 1 fully saturated rings. The number of aromatic nitrogens is 1.